The monoisotopic (exact) mass is 312 g/mol. The number of halogens is 1. The number of hydrogen-bond acceptors (Lipinski definition) is 3. The van der Waals surface area contributed by atoms with Gasteiger partial charge in [-0.25, -0.2) is 4.39 Å². The number of ether oxygens (including phenoxy) is 1. The first-order chi connectivity index (χ1) is 10.6. The van der Waals surface area contributed by atoms with Crippen LogP contribution in [0.4, 0.5) is 4.39 Å². The van der Waals surface area contributed by atoms with Crippen LogP contribution in [-0.2, 0) is 6.61 Å². The van der Waals surface area contributed by atoms with Gasteiger partial charge in [-0.3, -0.25) is 0 Å². The van der Waals surface area contributed by atoms with Crippen LogP contribution in [0.15, 0.2) is 54.1 Å². The fraction of sp³-hybridized carbons (Fsp3) is 0.0588. The number of benzene rings is 2. The van der Waals surface area contributed by atoms with E-state index in [-0.39, 0.29) is 16.4 Å². The molecule has 0 fully saturated rings. The number of rotatable bonds is 5. The average molecular weight is 312 g/mol. The third kappa shape index (κ3) is 4.40. The van der Waals surface area contributed by atoms with Crippen LogP contribution in [0.3, 0.4) is 0 Å². The maximum Gasteiger partial charge on any atom is 0.123 e. The Hall–Kier alpha value is -2.71. The van der Waals surface area contributed by atoms with Crippen molar-refractivity contribution < 1.29 is 9.13 Å². The van der Waals surface area contributed by atoms with E-state index in [9.17, 15) is 4.39 Å². The number of nitrogens with two attached hydrogens (primary N) is 1. The largest absolute Gasteiger partial charge is 0.489 e. The van der Waals surface area contributed by atoms with Gasteiger partial charge in [0.2, 0.25) is 0 Å². The fourth-order valence-electron chi connectivity index (χ4n) is 1.73. The van der Waals surface area contributed by atoms with E-state index in [4.69, 9.17) is 28.0 Å². The van der Waals surface area contributed by atoms with Crippen LogP contribution >= 0.6 is 12.2 Å². The summed E-state index contributed by atoms with van der Waals surface area (Å²) in [6.45, 7) is 0.353. The summed E-state index contributed by atoms with van der Waals surface area (Å²) >= 11 is 4.78. The second-order valence-electron chi connectivity index (χ2n) is 4.52. The second-order valence-corrected chi connectivity index (χ2v) is 4.96. The summed E-state index contributed by atoms with van der Waals surface area (Å²) in [4.78, 5) is 0.0686. The number of nitriles is 1. The lowest BCUT2D eigenvalue weighted by atomic mass is 10.1. The lowest BCUT2D eigenvalue weighted by Crippen LogP contribution is -2.09. The minimum Gasteiger partial charge on any atom is -0.489 e. The molecule has 110 valence electrons. The SMILES string of the molecule is N#CC(=Cc1ccc(OCc2ccc(F)cc2)cc1)C(N)=S. The zero-order valence-electron chi connectivity index (χ0n) is 11.6. The van der Waals surface area contributed by atoms with Crippen molar-refractivity contribution in [3.63, 3.8) is 0 Å². The first-order valence-electron chi connectivity index (χ1n) is 6.47. The normalized spacial score (nSPS) is 10.8. The molecule has 0 aromatic heterocycles. The van der Waals surface area contributed by atoms with Gasteiger partial charge in [0, 0.05) is 0 Å². The molecule has 2 rings (SSSR count). The summed E-state index contributed by atoms with van der Waals surface area (Å²) < 4.78 is 18.4. The average Bonchev–Trinajstić information content (AvgIpc) is 2.53. The molecule has 0 spiro atoms. The van der Waals surface area contributed by atoms with Gasteiger partial charge in [-0.15, -0.1) is 0 Å². The van der Waals surface area contributed by atoms with E-state index in [1.165, 1.54) is 12.1 Å². The maximum atomic E-state index is 12.8. The van der Waals surface area contributed by atoms with Gasteiger partial charge in [0.1, 0.15) is 29.2 Å². The molecular formula is C17H13FN2OS. The molecule has 2 N–H and O–H groups in total. The molecule has 0 unspecified atom stereocenters. The topological polar surface area (TPSA) is 59.0 Å². The second kappa shape index (κ2) is 7.34. The molecule has 5 heteroatoms. The minimum absolute atomic E-state index is 0.0686. The van der Waals surface area contributed by atoms with E-state index in [1.54, 1.807) is 42.5 Å². The molecule has 0 heterocycles. The van der Waals surface area contributed by atoms with Crippen LogP contribution in [0.1, 0.15) is 11.1 Å². The Morgan fingerprint density at radius 1 is 1.18 bits per heavy atom. The predicted octanol–water partition coefficient (Wildman–Crippen LogP) is 3.60. The van der Waals surface area contributed by atoms with Crippen molar-refractivity contribution in [3.8, 4) is 11.8 Å². The fourth-order valence-corrected chi connectivity index (χ4v) is 1.84. The third-order valence-electron chi connectivity index (χ3n) is 2.90. The Labute approximate surface area is 133 Å². The Bertz CT molecular complexity index is 731. The summed E-state index contributed by atoms with van der Waals surface area (Å²) in [5, 5.41) is 8.90. The van der Waals surface area contributed by atoms with Crippen molar-refractivity contribution in [2.24, 2.45) is 5.73 Å². The number of hydrogen-bond donors (Lipinski definition) is 1. The zero-order valence-corrected chi connectivity index (χ0v) is 12.4. The van der Waals surface area contributed by atoms with Crippen LogP contribution in [0.2, 0.25) is 0 Å². The molecule has 0 atom stereocenters. The van der Waals surface area contributed by atoms with Gasteiger partial charge in [-0.05, 0) is 41.5 Å². The number of nitrogens with zero attached hydrogens (tertiary/aromatic N) is 1. The van der Waals surface area contributed by atoms with E-state index in [0.717, 1.165) is 11.1 Å². The highest BCUT2D eigenvalue weighted by Gasteiger charge is 2.01. The predicted molar refractivity (Wildman–Crippen MR) is 87.5 cm³/mol. The molecule has 22 heavy (non-hydrogen) atoms. The van der Waals surface area contributed by atoms with E-state index >= 15 is 0 Å². The van der Waals surface area contributed by atoms with Crippen LogP contribution in [0, 0.1) is 17.1 Å². The molecule has 2 aromatic rings. The van der Waals surface area contributed by atoms with E-state index in [2.05, 4.69) is 0 Å². The lowest BCUT2D eigenvalue weighted by molar-refractivity contribution is 0.306. The first kappa shape index (κ1) is 15.7. The van der Waals surface area contributed by atoms with Crippen molar-refractivity contribution in [3.05, 3.63) is 71.0 Å². The first-order valence-corrected chi connectivity index (χ1v) is 6.88. The molecule has 2 aromatic carbocycles. The highest BCUT2D eigenvalue weighted by Crippen LogP contribution is 2.16. The van der Waals surface area contributed by atoms with Gasteiger partial charge in [0.05, 0.1) is 5.57 Å². The minimum atomic E-state index is -0.272. The van der Waals surface area contributed by atoms with Gasteiger partial charge >= 0.3 is 0 Å². The molecule has 0 aliphatic heterocycles. The lowest BCUT2D eigenvalue weighted by Gasteiger charge is -2.06. The van der Waals surface area contributed by atoms with Gasteiger partial charge in [0.15, 0.2) is 0 Å². The molecular weight excluding hydrogens is 299 g/mol. The van der Waals surface area contributed by atoms with Crippen LogP contribution < -0.4 is 10.5 Å². The standard InChI is InChI=1S/C17H13FN2OS/c18-15-5-1-13(2-6-15)11-21-16-7-3-12(4-8-16)9-14(10-19)17(20)22/h1-9H,11H2,(H2,20,22). The van der Waals surface area contributed by atoms with Gasteiger partial charge in [0.25, 0.3) is 0 Å². The highest BCUT2D eigenvalue weighted by atomic mass is 32.1. The maximum absolute atomic E-state index is 12.8. The Kier molecular flexibility index (Phi) is 5.23. The molecule has 0 bridgehead atoms. The summed E-state index contributed by atoms with van der Waals surface area (Å²) in [7, 11) is 0. The van der Waals surface area contributed by atoms with Gasteiger partial charge in [-0.2, -0.15) is 5.26 Å². The molecule has 0 saturated carbocycles. The Balaban J connectivity index is 2.02. The van der Waals surface area contributed by atoms with Crippen molar-refractivity contribution in [1.82, 2.24) is 0 Å². The summed E-state index contributed by atoms with van der Waals surface area (Å²) in [5.74, 6) is 0.404. The zero-order chi connectivity index (χ0) is 15.9. The molecule has 0 radical (unpaired) electrons. The Morgan fingerprint density at radius 2 is 1.82 bits per heavy atom. The van der Waals surface area contributed by atoms with Crippen molar-refractivity contribution in [2.75, 3.05) is 0 Å². The number of thiocarbonyl (C=S) groups is 1. The van der Waals surface area contributed by atoms with Crippen molar-refractivity contribution >= 4 is 23.3 Å². The van der Waals surface area contributed by atoms with E-state index < -0.39 is 0 Å². The smallest absolute Gasteiger partial charge is 0.123 e. The molecule has 0 saturated heterocycles. The summed E-state index contributed by atoms with van der Waals surface area (Å²) in [6.07, 6.45) is 1.62. The highest BCUT2D eigenvalue weighted by molar-refractivity contribution is 7.80. The van der Waals surface area contributed by atoms with Crippen molar-refractivity contribution in [2.45, 2.75) is 6.61 Å². The molecule has 0 aliphatic rings. The summed E-state index contributed by atoms with van der Waals surface area (Å²) in [6, 6.07) is 15.3. The van der Waals surface area contributed by atoms with Gasteiger partial charge in [-0.1, -0.05) is 36.5 Å². The quantitative estimate of drug-likeness (QED) is 0.520. The molecule has 0 amide bonds. The van der Waals surface area contributed by atoms with Crippen LogP contribution in [-0.4, -0.2) is 4.99 Å². The van der Waals surface area contributed by atoms with Crippen LogP contribution in [0.5, 0.6) is 5.75 Å². The van der Waals surface area contributed by atoms with Gasteiger partial charge < -0.3 is 10.5 Å². The molecule has 0 aliphatic carbocycles. The summed E-state index contributed by atoms with van der Waals surface area (Å²) in [5.41, 5.74) is 7.38. The van der Waals surface area contributed by atoms with Crippen molar-refractivity contribution in [1.29, 1.82) is 5.26 Å². The Morgan fingerprint density at radius 3 is 2.36 bits per heavy atom. The van der Waals surface area contributed by atoms with E-state index in [1.807, 2.05) is 6.07 Å². The van der Waals surface area contributed by atoms with E-state index in [0.29, 0.717) is 12.4 Å². The molecule has 3 nitrogen and oxygen atoms in total. The third-order valence-corrected chi connectivity index (χ3v) is 3.12. The van der Waals surface area contributed by atoms with Crippen LogP contribution in [0.25, 0.3) is 6.08 Å².